The third-order valence-electron chi connectivity index (χ3n) is 3.14. The maximum atomic E-state index is 13.3. The fourth-order valence-electron chi connectivity index (χ4n) is 2.15. The first-order valence-corrected chi connectivity index (χ1v) is 6.74. The summed E-state index contributed by atoms with van der Waals surface area (Å²) in [7, 11) is 0. The number of carbonyl (C=O) groups is 1. The van der Waals surface area contributed by atoms with E-state index in [2.05, 4.69) is 0 Å². The lowest BCUT2D eigenvalue weighted by atomic mass is 9.92. The minimum Gasteiger partial charge on any atom is -0.502 e. The lowest BCUT2D eigenvalue weighted by Gasteiger charge is -2.17. The molecule has 0 aliphatic heterocycles. The van der Waals surface area contributed by atoms with Crippen molar-refractivity contribution >= 4 is 17.5 Å². The number of carbonyl (C=O) groups excluding carboxylic acids is 1. The van der Waals surface area contributed by atoms with E-state index >= 15 is 0 Å². The second kappa shape index (κ2) is 6.19. The first-order chi connectivity index (χ1) is 10.3. The number of amides is 1. The summed E-state index contributed by atoms with van der Waals surface area (Å²) in [6, 6.07) is 4.93. The van der Waals surface area contributed by atoms with Crippen LogP contribution < -0.4 is 11.2 Å². The highest BCUT2D eigenvalue weighted by atomic mass is 35.5. The number of rotatable bonds is 4. The summed E-state index contributed by atoms with van der Waals surface area (Å²) >= 11 is 5.74. The Balaban J connectivity index is 2.62. The molecular weight excluding hydrogens is 313 g/mol. The summed E-state index contributed by atoms with van der Waals surface area (Å²) in [6.07, 6.45) is -0.234. The second-order valence-corrected chi connectivity index (χ2v) is 5.24. The van der Waals surface area contributed by atoms with Gasteiger partial charge in [0.15, 0.2) is 5.76 Å². The van der Waals surface area contributed by atoms with Gasteiger partial charge >= 0.3 is 0 Å². The van der Waals surface area contributed by atoms with Crippen molar-refractivity contribution in [2.75, 3.05) is 0 Å². The minimum absolute atomic E-state index is 0.105. The number of hydrogen-bond acceptors (Lipinski definition) is 4. The maximum Gasteiger partial charge on any atom is 0.227 e. The fourth-order valence-corrected chi connectivity index (χ4v) is 2.34. The Morgan fingerprint density at radius 2 is 2.14 bits per heavy atom. The van der Waals surface area contributed by atoms with E-state index in [4.69, 9.17) is 21.8 Å². The quantitative estimate of drug-likeness (QED) is 0.902. The van der Waals surface area contributed by atoms with Gasteiger partial charge in [-0.15, -0.1) is 0 Å². The topological polar surface area (TPSA) is 93.5 Å². The van der Waals surface area contributed by atoms with E-state index in [-0.39, 0.29) is 23.0 Å². The van der Waals surface area contributed by atoms with Crippen molar-refractivity contribution in [1.29, 1.82) is 0 Å². The number of halogens is 2. The molecular formula is C15H13ClFNO4. The summed E-state index contributed by atoms with van der Waals surface area (Å²) in [6.45, 7) is 1.53. The Morgan fingerprint density at radius 1 is 1.45 bits per heavy atom. The predicted molar refractivity (Wildman–Crippen MR) is 78.4 cm³/mol. The van der Waals surface area contributed by atoms with Gasteiger partial charge < -0.3 is 15.3 Å². The van der Waals surface area contributed by atoms with E-state index in [1.807, 2.05) is 0 Å². The molecule has 5 nitrogen and oxygen atoms in total. The Morgan fingerprint density at radius 3 is 2.73 bits per heavy atom. The third-order valence-corrected chi connectivity index (χ3v) is 3.43. The number of benzene rings is 1. The molecule has 0 bridgehead atoms. The van der Waals surface area contributed by atoms with E-state index in [0.717, 1.165) is 12.1 Å². The van der Waals surface area contributed by atoms with Crippen LogP contribution in [0.5, 0.6) is 5.75 Å². The van der Waals surface area contributed by atoms with Crippen LogP contribution in [0.15, 0.2) is 33.5 Å². The van der Waals surface area contributed by atoms with E-state index < -0.39 is 28.8 Å². The molecule has 1 amide bonds. The predicted octanol–water partition coefficient (Wildman–Crippen LogP) is 2.45. The van der Waals surface area contributed by atoms with E-state index in [9.17, 15) is 19.1 Å². The molecule has 22 heavy (non-hydrogen) atoms. The van der Waals surface area contributed by atoms with Crippen molar-refractivity contribution in [2.45, 2.75) is 19.3 Å². The van der Waals surface area contributed by atoms with Crippen LogP contribution in [0.2, 0.25) is 5.02 Å². The van der Waals surface area contributed by atoms with Crippen LogP contribution in [0.25, 0.3) is 0 Å². The Bertz CT molecular complexity index is 788. The van der Waals surface area contributed by atoms with Gasteiger partial charge in [0, 0.05) is 12.5 Å². The molecule has 1 heterocycles. The SMILES string of the molecule is Cc1cc(=O)c(O)c(C(CC(N)=O)c2ccc(F)c(Cl)c2)o1. The molecule has 1 unspecified atom stereocenters. The number of aromatic hydroxyl groups is 1. The molecule has 2 rings (SSSR count). The summed E-state index contributed by atoms with van der Waals surface area (Å²) in [4.78, 5) is 23.0. The zero-order valence-electron chi connectivity index (χ0n) is 11.6. The number of nitrogens with two attached hydrogens (primary N) is 1. The molecule has 0 aliphatic rings. The van der Waals surface area contributed by atoms with Crippen LogP contribution in [-0.2, 0) is 4.79 Å². The molecule has 116 valence electrons. The highest BCUT2D eigenvalue weighted by Crippen LogP contribution is 2.34. The van der Waals surface area contributed by atoms with Crippen LogP contribution in [0.4, 0.5) is 4.39 Å². The largest absolute Gasteiger partial charge is 0.502 e. The van der Waals surface area contributed by atoms with Crippen LogP contribution in [0.3, 0.4) is 0 Å². The Hall–Kier alpha value is -2.34. The number of hydrogen-bond donors (Lipinski definition) is 2. The van der Waals surface area contributed by atoms with Crippen LogP contribution >= 0.6 is 11.6 Å². The van der Waals surface area contributed by atoms with E-state index in [1.165, 1.54) is 19.1 Å². The van der Waals surface area contributed by atoms with Gasteiger partial charge in [-0.2, -0.15) is 0 Å². The molecule has 0 aliphatic carbocycles. The standard InChI is InChI=1S/C15H13ClFNO4/c1-7-4-12(19)14(21)15(22-7)9(6-13(18)20)8-2-3-11(17)10(16)5-8/h2-5,9,21H,6H2,1H3,(H2,18,20). The molecule has 0 saturated heterocycles. The third kappa shape index (κ3) is 3.28. The van der Waals surface area contributed by atoms with Gasteiger partial charge in [-0.05, 0) is 24.6 Å². The van der Waals surface area contributed by atoms with Crippen molar-refractivity contribution in [1.82, 2.24) is 0 Å². The molecule has 0 saturated carbocycles. The van der Waals surface area contributed by atoms with Crippen LogP contribution in [-0.4, -0.2) is 11.0 Å². The van der Waals surface area contributed by atoms with Gasteiger partial charge in [-0.3, -0.25) is 9.59 Å². The Labute approximate surface area is 130 Å². The average molecular weight is 326 g/mol. The maximum absolute atomic E-state index is 13.3. The highest BCUT2D eigenvalue weighted by Gasteiger charge is 2.25. The molecule has 1 atom stereocenters. The number of primary amides is 1. The van der Waals surface area contributed by atoms with Crippen molar-refractivity contribution in [3.63, 3.8) is 0 Å². The molecule has 0 spiro atoms. The first-order valence-electron chi connectivity index (χ1n) is 6.36. The van der Waals surface area contributed by atoms with Crippen molar-refractivity contribution in [3.8, 4) is 5.75 Å². The Kier molecular flexibility index (Phi) is 4.51. The zero-order valence-corrected chi connectivity index (χ0v) is 12.4. The number of aryl methyl sites for hydroxylation is 1. The smallest absolute Gasteiger partial charge is 0.227 e. The summed E-state index contributed by atoms with van der Waals surface area (Å²) < 4.78 is 18.7. The first kappa shape index (κ1) is 16.0. The minimum atomic E-state index is -0.844. The van der Waals surface area contributed by atoms with Gasteiger partial charge in [0.25, 0.3) is 0 Å². The van der Waals surface area contributed by atoms with Crippen molar-refractivity contribution in [2.24, 2.45) is 5.73 Å². The van der Waals surface area contributed by atoms with Crippen molar-refractivity contribution in [3.05, 3.63) is 62.4 Å². The summed E-state index contributed by atoms with van der Waals surface area (Å²) in [5, 5.41) is 9.77. The molecule has 1 aromatic heterocycles. The van der Waals surface area contributed by atoms with Gasteiger partial charge in [0.2, 0.25) is 17.1 Å². The summed E-state index contributed by atoms with van der Waals surface area (Å²) in [5.41, 5.74) is 4.97. The molecule has 1 aromatic carbocycles. The fraction of sp³-hybridized carbons (Fsp3) is 0.200. The van der Waals surface area contributed by atoms with Crippen molar-refractivity contribution < 1.29 is 18.7 Å². The molecule has 7 heteroatoms. The van der Waals surface area contributed by atoms with Crippen LogP contribution in [0, 0.1) is 12.7 Å². The monoisotopic (exact) mass is 325 g/mol. The lowest BCUT2D eigenvalue weighted by Crippen LogP contribution is -2.18. The lowest BCUT2D eigenvalue weighted by molar-refractivity contribution is -0.118. The molecule has 0 radical (unpaired) electrons. The molecule has 3 N–H and O–H groups in total. The zero-order chi connectivity index (χ0) is 16.4. The highest BCUT2D eigenvalue weighted by molar-refractivity contribution is 6.30. The second-order valence-electron chi connectivity index (χ2n) is 4.83. The summed E-state index contributed by atoms with van der Waals surface area (Å²) in [5.74, 6) is -2.60. The van der Waals surface area contributed by atoms with Gasteiger partial charge in [0.1, 0.15) is 11.6 Å². The molecule has 2 aromatic rings. The van der Waals surface area contributed by atoms with E-state index in [0.29, 0.717) is 5.56 Å². The van der Waals surface area contributed by atoms with Gasteiger partial charge in [-0.1, -0.05) is 17.7 Å². The van der Waals surface area contributed by atoms with Gasteiger partial charge in [-0.25, -0.2) is 4.39 Å². The average Bonchev–Trinajstić information content (AvgIpc) is 2.43. The van der Waals surface area contributed by atoms with Crippen LogP contribution in [0.1, 0.15) is 29.4 Å². The van der Waals surface area contributed by atoms with Gasteiger partial charge in [0.05, 0.1) is 10.9 Å². The molecule has 0 fully saturated rings. The van der Waals surface area contributed by atoms with E-state index in [1.54, 1.807) is 0 Å². The normalized spacial score (nSPS) is 12.1.